The maximum Gasteiger partial charge on any atom is 0.119 e. The van der Waals surface area contributed by atoms with Crippen LogP contribution in [0.2, 0.25) is 0 Å². The molecule has 0 bridgehead atoms. The number of phenolic OH excluding ortho intramolecular Hbond substituents is 1. The molecule has 0 unspecified atom stereocenters. The number of rotatable bonds is 5. The molecular weight excluding hydrogens is 172 g/mol. The summed E-state index contributed by atoms with van der Waals surface area (Å²) in [4.78, 5) is 0. The maximum absolute atomic E-state index is 9.54. The van der Waals surface area contributed by atoms with Crippen LogP contribution in [0.4, 0.5) is 0 Å². The van der Waals surface area contributed by atoms with Crippen LogP contribution in [0.1, 0.15) is 30.9 Å². The zero-order valence-corrected chi connectivity index (χ0v) is 8.79. The normalized spacial score (nSPS) is 10.1. The van der Waals surface area contributed by atoms with Crippen molar-refractivity contribution in [3.05, 3.63) is 42.0 Å². The number of aryl methyl sites for hydroxylation is 1. The van der Waals surface area contributed by atoms with Gasteiger partial charge in [-0.05, 0) is 36.5 Å². The van der Waals surface area contributed by atoms with Crippen LogP contribution in [-0.4, -0.2) is 5.11 Å². The molecule has 0 aliphatic carbocycles. The molecule has 1 N–H and O–H groups in total. The number of hydrogen-bond acceptors (Lipinski definition) is 1. The third-order valence-corrected chi connectivity index (χ3v) is 2.33. The highest BCUT2D eigenvalue weighted by molar-refractivity contribution is 5.37. The Balaban J connectivity index is 2.77. The molecule has 0 aliphatic rings. The van der Waals surface area contributed by atoms with Crippen molar-refractivity contribution in [2.75, 3.05) is 0 Å². The zero-order chi connectivity index (χ0) is 10.4. The Hall–Kier alpha value is -1.24. The van der Waals surface area contributed by atoms with Gasteiger partial charge in [-0.25, -0.2) is 0 Å². The minimum Gasteiger partial charge on any atom is -0.508 e. The van der Waals surface area contributed by atoms with Gasteiger partial charge in [0, 0.05) is 0 Å². The first-order valence-corrected chi connectivity index (χ1v) is 5.19. The molecule has 0 amide bonds. The van der Waals surface area contributed by atoms with E-state index in [1.165, 1.54) is 18.4 Å². The van der Waals surface area contributed by atoms with E-state index in [2.05, 4.69) is 19.6 Å². The molecule has 1 heteroatoms. The lowest BCUT2D eigenvalue weighted by Gasteiger charge is -2.05. The van der Waals surface area contributed by atoms with E-state index >= 15 is 0 Å². The van der Waals surface area contributed by atoms with E-state index in [0.29, 0.717) is 5.75 Å². The second-order valence-corrected chi connectivity index (χ2v) is 3.56. The zero-order valence-electron chi connectivity index (χ0n) is 8.79. The van der Waals surface area contributed by atoms with Gasteiger partial charge in [-0.1, -0.05) is 31.6 Å². The van der Waals surface area contributed by atoms with Crippen molar-refractivity contribution < 1.29 is 5.11 Å². The topological polar surface area (TPSA) is 20.2 Å². The van der Waals surface area contributed by atoms with Crippen molar-refractivity contribution in [2.24, 2.45) is 0 Å². The molecule has 0 fully saturated rings. The van der Waals surface area contributed by atoms with Gasteiger partial charge < -0.3 is 5.11 Å². The molecule has 1 rings (SSSR count). The van der Waals surface area contributed by atoms with Gasteiger partial charge in [-0.3, -0.25) is 0 Å². The quantitative estimate of drug-likeness (QED) is 0.705. The molecule has 1 aromatic carbocycles. The summed E-state index contributed by atoms with van der Waals surface area (Å²) in [6.45, 7) is 5.86. The molecule has 0 saturated heterocycles. The van der Waals surface area contributed by atoms with Crippen molar-refractivity contribution in [1.82, 2.24) is 0 Å². The number of aromatic hydroxyl groups is 1. The van der Waals surface area contributed by atoms with Crippen molar-refractivity contribution in [3.63, 3.8) is 0 Å². The highest BCUT2D eigenvalue weighted by Crippen LogP contribution is 2.20. The van der Waals surface area contributed by atoms with Gasteiger partial charge in [0.2, 0.25) is 0 Å². The highest BCUT2D eigenvalue weighted by Gasteiger charge is 2.00. The van der Waals surface area contributed by atoms with Gasteiger partial charge in [0.25, 0.3) is 0 Å². The first-order chi connectivity index (χ1) is 6.77. The van der Waals surface area contributed by atoms with Crippen LogP contribution in [0.3, 0.4) is 0 Å². The van der Waals surface area contributed by atoms with E-state index in [0.717, 1.165) is 18.4 Å². The minimum absolute atomic E-state index is 0.380. The van der Waals surface area contributed by atoms with E-state index < -0.39 is 0 Å². The second-order valence-electron chi connectivity index (χ2n) is 3.56. The smallest absolute Gasteiger partial charge is 0.119 e. The summed E-state index contributed by atoms with van der Waals surface area (Å²) < 4.78 is 0. The molecule has 14 heavy (non-hydrogen) atoms. The lowest BCUT2D eigenvalue weighted by molar-refractivity contribution is 0.469. The Kier molecular flexibility index (Phi) is 4.24. The van der Waals surface area contributed by atoms with E-state index in [4.69, 9.17) is 0 Å². The molecule has 0 radical (unpaired) electrons. The molecule has 1 aromatic rings. The standard InChI is InChI=1S/C13H18O/c1-3-5-7-11-8-9-13(14)12(10-11)6-4-2/h4,8-10,14H,2-3,5-7H2,1H3. The van der Waals surface area contributed by atoms with Crippen LogP contribution >= 0.6 is 0 Å². The molecule has 76 valence electrons. The van der Waals surface area contributed by atoms with Crippen molar-refractivity contribution in [2.45, 2.75) is 32.6 Å². The van der Waals surface area contributed by atoms with E-state index in [1.807, 2.05) is 12.1 Å². The number of allylic oxidation sites excluding steroid dienone is 1. The third-order valence-electron chi connectivity index (χ3n) is 2.33. The van der Waals surface area contributed by atoms with Crippen molar-refractivity contribution in [3.8, 4) is 5.75 Å². The summed E-state index contributed by atoms with van der Waals surface area (Å²) in [6, 6.07) is 5.86. The third kappa shape index (κ3) is 2.91. The van der Waals surface area contributed by atoms with E-state index in [-0.39, 0.29) is 0 Å². The molecule has 0 heterocycles. The van der Waals surface area contributed by atoms with Crippen LogP contribution in [0.15, 0.2) is 30.9 Å². The number of hydrogen-bond donors (Lipinski definition) is 1. The summed E-state index contributed by atoms with van der Waals surface area (Å²) in [5.74, 6) is 0.380. The highest BCUT2D eigenvalue weighted by atomic mass is 16.3. The SMILES string of the molecule is C=CCc1cc(CCCC)ccc1O. The van der Waals surface area contributed by atoms with Crippen LogP contribution in [0.5, 0.6) is 5.75 Å². The number of phenols is 1. The summed E-state index contributed by atoms with van der Waals surface area (Å²) in [5, 5.41) is 9.54. The van der Waals surface area contributed by atoms with Crippen molar-refractivity contribution in [1.29, 1.82) is 0 Å². The van der Waals surface area contributed by atoms with Gasteiger partial charge in [0.1, 0.15) is 5.75 Å². The molecule has 0 aliphatic heterocycles. The predicted molar refractivity (Wildman–Crippen MR) is 60.6 cm³/mol. The maximum atomic E-state index is 9.54. The van der Waals surface area contributed by atoms with Gasteiger partial charge in [-0.15, -0.1) is 6.58 Å². The number of unbranched alkanes of at least 4 members (excludes halogenated alkanes) is 1. The Labute approximate surface area is 86.1 Å². The molecule has 0 saturated carbocycles. The summed E-state index contributed by atoms with van der Waals surface area (Å²) in [6.07, 6.45) is 6.07. The molecule has 0 spiro atoms. The molecular formula is C13H18O. The number of benzene rings is 1. The summed E-state index contributed by atoms with van der Waals surface area (Å²) >= 11 is 0. The van der Waals surface area contributed by atoms with Gasteiger partial charge >= 0.3 is 0 Å². The van der Waals surface area contributed by atoms with Crippen LogP contribution < -0.4 is 0 Å². The molecule has 0 aromatic heterocycles. The van der Waals surface area contributed by atoms with E-state index in [1.54, 1.807) is 6.07 Å². The Morgan fingerprint density at radius 3 is 2.86 bits per heavy atom. The lowest BCUT2D eigenvalue weighted by atomic mass is 10.0. The first kappa shape index (κ1) is 10.8. The monoisotopic (exact) mass is 190 g/mol. The largest absolute Gasteiger partial charge is 0.508 e. The fourth-order valence-corrected chi connectivity index (χ4v) is 1.49. The average molecular weight is 190 g/mol. The molecule has 1 nitrogen and oxygen atoms in total. The van der Waals surface area contributed by atoms with Gasteiger partial charge in [0.05, 0.1) is 0 Å². The van der Waals surface area contributed by atoms with Crippen LogP contribution in [-0.2, 0) is 12.8 Å². The molecule has 0 atom stereocenters. The van der Waals surface area contributed by atoms with Crippen LogP contribution in [0.25, 0.3) is 0 Å². The van der Waals surface area contributed by atoms with E-state index in [9.17, 15) is 5.11 Å². The fraction of sp³-hybridized carbons (Fsp3) is 0.385. The minimum atomic E-state index is 0.380. The van der Waals surface area contributed by atoms with Crippen molar-refractivity contribution >= 4 is 0 Å². The summed E-state index contributed by atoms with van der Waals surface area (Å²) in [7, 11) is 0. The van der Waals surface area contributed by atoms with Gasteiger partial charge in [0.15, 0.2) is 0 Å². The fourth-order valence-electron chi connectivity index (χ4n) is 1.49. The average Bonchev–Trinajstić information content (AvgIpc) is 2.19. The first-order valence-electron chi connectivity index (χ1n) is 5.19. The Bertz CT molecular complexity index is 302. The van der Waals surface area contributed by atoms with Crippen LogP contribution in [0, 0.1) is 0 Å². The Morgan fingerprint density at radius 2 is 2.21 bits per heavy atom. The summed E-state index contributed by atoms with van der Waals surface area (Å²) in [5.41, 5.74) is 2.29. The predicted octanol–water partition coefficient (Wildman–Crippen LogP) is 3.46. The van der Waals surface area contributed by atoms with Gasteiger partial charge in [-0.2, -0.15) is 0 Å². The Morgan fingerprint density at radius 1 is 1.43 bits per heavy atom. The lowest BCUT2D eigenvalue weighted by Crippen LogP contribution is -1.88. The second kappa shape index (κ2) is 5.48.